The lowest BCUT2D eigenvalue weighted by Crippen LogP contribution is -2.24. The predicted octanol–water partition coefficient (Wildman–Crippen LogP) is 4.90. The minimum atomic E-state index is 0.397. The zero-order valence-corrected chi connectivity index (χ0v) is 13.7. The molecule has 2 aromatic carbocycles. The first-order valence-corrected chi connectivity index (χ1v) is 7.96. The molecule has 2 aromatic rings. The van der Waals surface area contributed by atoms with Crippen LogP contribution < -0.4 is 5.32 Å². The van der Waals surface area contributed by atoms with Gasteiger partial charge in [-0.15, -0.1) is 0 Å². The normalized spacial score (nSPS) is 12.4. The molecule has 2 rings (SSSR count). The highest BCUT2D eigenvalue weighted by atomic mass is 14.9. The second-order valence-corrected chi connectivity index (χ2v) is 6.06. The van der Waals surface area contributed by atoms with Crippen LogP contribution in [0.25, 0.3) is 0 Å². The molecule has 21 heavy (non-hydrogen) atoms. The van der Waals surface area contributed by atoms with Gasteiger partial charge in [-0.2, -0.15) is 0 Å². The van der Waals surface area contributed by atoms with E-state index in [1.165, 1.54) is 27.8 Å². The third-order valence-electron chi connectivity index (χ3n) is 4.00. The van der Waals surface area contributed by atoms with E-state index < -0.39 is 0 Å². The lowest BCUT2D eigenvalue weighted by Gasteiger charge is -2.21. The quantitative estimate of drug-likeness (QED) is 0.794. The Kier molecular flexibility index (Phi) is 5.58. The molecule has 0 aliphatic carbocycles. The van der Waals surface area contributed by atoms with E-state index in [0.717, 1.165) is 19.4 Å². The van der Waals surface area contributed by atoms with Gasteiger partial charge in [0.2, 0.25) is 0 Å². The summed E-state index contributed by atoms with van der Waals surface area (Å²) in [5, 5.41) is 3.71. The molecule has 0 aliphatic heterocycles. The van der Waals surface area contributed by atoms with Crippen molar-refractivity contribution in [2.24, 2.45) is 0 Å². The third-order valence-corrected chi connectivity index (χ3v) is 4.00. The van der Waals surface area contributed by atoms with Gasteiger partial charge < -0.3 is 5.32 Å². The largest absolute Gasteiger partial charge is 0.310 e. The van der Waals surface area contributed by atoms with E-state index in [-0.39, 0.29) is 0 Å². The van der Waals surface area contributed by atoms with E-state index >= 15 is 0 Å². The van der Waals surface area contributed by atoms with Gasteiger partial charge in [-0.25, -0.2) is 0 Å². The molecule has 112 valence electrons. The van der Waals surface area contributed by atoms with Gasteiger partial charge >= 0.3 is 0 Å². The van der Waals surface area contributed by atoms with Crippen molar-refractivity contribution < 1.29 is 0 Å². The summed E-state index contributed by atoms with van der Waals surface area (Å²) in [4.78, 5) is 0. The molecular weight excluding hydrogens is 254 g/mol. The second-order valence-electron chi connectivity index (χ2n) is 6.06. The van der Waals surface area contributed by atoms with Crippen LogP contribution in [0.3, 0.4) is 0 Å². The molecule has 0 amide bonds. The lowest BCUT2D eigenvalue weighted by molar-refractivity contribution is 0.527. The number of nitrogens with one attached hydrogen (secondary N) is 1. The smallest absolute Gasteiger partial charge is 0.0363 e. The molecule has 0 fully saturated rings. The first-order valence-electron chi connectivity index (χ1n) is 7.96. The topological polar surface area (TPSA) is 12.0 Å². The molecule has 0 spiro atoms. The molecule has 1 heteroatoms. The standard InChI is InChI=1S/C20H27N/c1-5-12-21-20(14-18-9-6-15(2)7-10-18)19-11-8-16(3)13-17(19)4/h6-11,13,20-21H,5,12,14H2,1-4H3. The fourth-order valence-corrected chi connectivity index (χ4v) is 2.79. The highest BCUT2D eigenvalue weighted by Crippen LogP contribution is 2.23. The molecule has 0 aromatic heterocycles. The van der Waals surface area contributed by atoms with Gasteiger partial charge in [0.25, 0.3) is 0 Å². The van der Waals surface area contributed by atoms with E-state index in [9.17, 15) is 0 Å². The number of aryl methyl sites for hydroxylation is 3. The fraction of sp³-hybridized carbons (Fsp3) is 0.400. The van der Waals surface area contributed by atoms with Crippen LogP contribution in [0.5, 0.6) is 0 Å². The summed E-state index contributed by atoms with van der Waals surface area (Å²) in [6, 6.07) is 16.1. The summed E-state index contributed by atoms with van der Waals surface area (Å²) < 4.78 is 0. The van der Waals surface area contributed by atoms with Crippen molar-refractivity contribution in [1.29, 1.82) is 0 Å². The highest BCUT2D eigenvalue weighted by Gasteiger charge is 2.13. The second kappa shape index (κ2) is 7.42. The van der Waals surface area contributed by atoms with Gasteiger partial charge in [-0.1, -0.05) is 60.5 Å². The van der Waals surface area contributed by atoms with Gasteiger partial charge in [-0.05, 0) is 56.8 Å². The molecule has 1 nitrogen and oxygen atoms in total. The molecule has 1 unspecified atom stereocenters. The van der Waals surface area contributed by atoms with Crippen LogP contribution in [0.4, 0.5) is 0 Å². The van der Waals surface area contributed by atoms with Crippen molar-refractivity contribution in [2.75, 3.05) is 6.54 Å². The Hall–Kier alpha value is -1.60. The average Bonchev–Trinajstić information content (AvgIpc) is 2.46. The van der Waals surface area contributed by atoms with Crippen molar-refractivity contribution >= 4 is 0 Å². The fourth-order valence-electron chi connectivity index (χ4n) is 2.79. The van der Waals surface area contributed by atoms with E-state index in [0.29, 0.717) is 6.04 Å². The number of benzene rings is 2. The van der Waals surface area contributed by atoms with Crippen LogP contribution in [0.15, 0.2) is 42.5 Å². The van der Waals surface area contributed by atoms with Gasteiger partial charge in [-0.3, -0.25) is 0 Å². The van der Waals surface area contributed by atoms with Crippen molar-refractivity contribution in [1.82, 2.24) is 5.32 Å². The monoisotopic (exact) mass is 281 g/mol. The zero-order valence-electron chi connectivity index (χ0n) is 13.7. The Morgan fingerprint density at radius 2 is 1.57 bits per heavy atom. The predicted molar refractivity (Wildman–Crippen MR) is 91.8 cm³/mol. The Morgan fingerprint density at radius 1 is 0.905 bits per heavy atom. The zero-order chi connectivity index (χ0) is 15.2. The summed E-state index contributed by atoms with van der Waals surface area (Å²) in [6.45, 7) is 9.80. The maximum atomic E-state index is 3.71. The molecule has 0 aliphatic rings. The van der Waals surface area contributed by atoms with Crippen molar-refractivity contribution in [2.45, 2.75) is 46.6 Å². The summed E-state index contributed by atoms with van der Waals surface area (Å²) >= 11 is 0. The van der Waals surface area contributed by atoms with Gasteiger partial charge in [0.05, 0.1) is 0 Å². The summed E-state index contributed by atoms with van der Waals surface area (Å²) in [6.07, 6.45) is 2.21. The minimum absolute atomic E-state index is 0.397. The van der Waals surface area contributed by atoms with Crippen LogP contribution in [0, 0.1) is 20.8 Å². The Bertz CT molecular complexity index is 569. The Morgan fingerprint density at radius 3 is 2.19 bits per heavy atom. The van der Waals surface area contributed by atoms with Crippen molar-refractivity contribution in [3.63, 3.8) is 0 Å². The van der Waals surface area contributed by atoms with Gasteiger partial charge in [0.1, 0.15) is 0 Å². The molecule has 0 bridgehead atoms. The SMILES string of the molecule is CCCNC(Cc1ccc(C)cc1)c1ccc(C)cc1C. The van der Waals surface area contributed by atoms with E-state index in [1.54, 1.807) is 0 Å². The maximum Gasteiger partial charge on any atom is 0.0363 e. The highest BCUT2D eigenvalue weighted by molar-refractivity contribution is 5.34. The van der Waals surface area contributed by atoms with Crippen LogP contribution in [-0.4, -0.2) is 6.54 Å². The van der Waals surface area contributed by atoms with Crippen LogP contribution in [-0.2, 0) is 6.42 Å². The Balaban J connectivity index is 2.22. The molecule has 1 atom stereocenters. The summed E-state index contributed by atoms with van der Waals surface area (Å²) in [5.74, 6) is 0. The van der Waals surface area contributed by atoms with Crippen LogP contribution >= 0.6 is 0 Å². The van der Waals surface area contributed by atoms with Gasteiger partial charge in [0, 0.05) is 6.04 Å². The van der Waals surface area contributed by atoms with Crippen LogP contribution in [0.2, 0.25) is 0 Å². The third kappa shape index (κ3) is 4.44. The summed E-state index contributed by atoms with van der Waals surface area (Å²) in [5.41, 5.74) is 6.86. The molecule has 0 heterocycles. The molecular formula is C20H27N. The maximum absolute atomic E-state index is 3.71. The van der Waals surface area contributed by atoms with Crippen molar-refractivity contribution in [3.05, 3.63) is 70.3 Å². The molecule has 0 saturated carbocycles. The molecule has 0 saturated heterocycles. The first-order chi connectivity index (χ1) is 10.1. The number of rotatable bonds is 6. The lowest BCUT2D eigenvalue weighted by atomic mass is 9.94. The molecule has 0 radical (unpaired) electrons. The van der Waals surface area contributed by atoms with Crippen LogP contribution in [0.1, 0.15) is 47.2 Å². The average molecular weight is 281 g/mol. The molecule has 1 N–H and O–H groups in total. The first kappa shape index (κ1) is 15.8. The van der Waals surface area contributed by atoms with E-state index in [1.807, 2.05) is 0 Å². The Labute approximate surface area is 129 Å². The minimum Gasteiger partial charge on any atom is -0.310 e. The van der Waals surface area contributed by atoms with Crippen molar-refractivity contribution in [3.8, 4) is 0 Å². The number of hydrogen-bond acceptors (Lipinski definition) is 1. The number of hydrogen-bond donors (Lipinski definition) is 1. The van der Waals surface area contributed by atoms with Gasteiger partial charge in [0.15, 0.2) is 0 Å². The van der Waals surface area contributed by atoms with E-state index in [4.69, 9.17) is 0 Å². The van der Waals surface area contributed by atoms with E-state index in [2.05, 4.69) is 75.5 Å². The summed E-state index contributed by atoms with van der Waals surface area (Å²) in [7, 11) is 0.